The van der Waals surface area contributed by atoms with Crippen molar-refractivity contribution in [3.05, 3.63) is 47.5 Å². The van der Waals surface area contributed by atoms with E-state index in [1.807, 2.05) is 12.1 Å². The summed E-state index contributed by atoms with van der Waals surface area (Å²) < 4.78 is -2.88. The molecule has 0 atom stereocenters. The Kier molecular flexibility index (Phi) is 4.19. The molecule has 2 aromatic carbocycles. The second-order valence-corrected chi connectivity index (χ2v) is 8.33. The molecule has 96 valence electrons. The van der Waals surface area contributed by atoms with Crippen LogP contribution in [0.15, 0.2) is 36.4 Å². The number of benzene rings is 2. The standard InChI is InChI=1S/C12H6Cl6/c13-11(14,15)9-3-1-7-5-10(12(16,17)18)4-2-8(7)6-9/h1-6H. The highest BCUT2D eigenvalue weighted by atomic mass is 35.6. The second kappa shape index (κ2) is 5.09. The summed E-state index contributed by atoms with van der Waals surface area (Å²) in [5, 5.41) is 1.83. The van der Waals surface area contributed by atoms with E-state index < -0.39 is 7.59 Å². The maximum Gasteiger partial charge on any atom is 0.216 e. The number of hydrogen-bond acceptors (Lipinski definition) is 0. The number of halogens is 6. The Morgan fingerprint density at radius 3 is 1.17 bits per heavy atom. The summed E-state index contributed by atoms with van der Waals surface area (Å²) in [6.07, 6.45) is 0. The van der Waals surface area contributed by atoms with Gasteiger partial charge >= 0.3 is 0 Å². The van der Waals surface area contributed by atoms with Gasteiger partial charge < -0.3 is 0 Å². The minimum Gasteiger partial charge on any atom is -0.0784 e. The van der Waals surface area contributed by atoms with E-state index in [1.165, 1.54) is 0 Å². The first-order chi connectivity index (χ1) is 8.18. The van der Waals surface area contributed by atoms with Gasteiger partial charge in [0.05, 0.1) is 0 Å². The van der Waals surface area contributed by atoms with Crippen LogP contribution in [0, 0.1) is 0 Å². The Bertz CT molecular complexity index is 526. The van der Waals surface area contributed by atoms with Crippen LogP contribution in [-0.4, -0.2) is 0 Å². The number of fused-ring (bicyclic) bond motifs is 1. The molecule has 0 heterocycles. The number of rotatable bonds is 0. The maximum atomic E-state index is 5.83. The topological polar surface area (TPSA) is 0 Å². The summed E-state index contributed by atoms with van der Waals surface area (Å²) in [5.41, 5.74) is 1.20. The minimum absolute atomic E-state index is 0.599. The highest BCUT2D eigenvalue weighted by molar-refractivity contribution is 6.67. The lowest BCUT2D eigenvalue weighted by Crippen LogP contribution is -2.01. The molecule has 0 saturated carbocycles. The van der Waals surface area contributed by atoms with Crippen LogP contribution in [0.1, 0.15) is 11.1 Å². The van der Waals surface area contributed by atoms with E-state index in [4.69, 9.17) is 69.6 Å². The van der Waals surface area contributed by atoms with Crippen LogP contribution in [0.2, 0.25) is 0 Å². The van der Waals surface area contributed by atoms with Gasteiger partial charge in [-0.2, -0.15) is 0 Å². The first kappa shape index (κ1) is 14.8. The molecule has 0 aliphatic rings. The van der Waals surface area contributed by atoms with Crippen molar-refractivity contribution in [3.63, 3.8) is 0 Å². The third-order valence-corrected chi connectivity index (χ3v) is 3.80. The molecule has 6 heteroatoms. The van der Waals surface area contributed by atoms with Gasteiger partial charge in [0, 0.05) is 11.1 Å². The third-order valence-electron chi connectivity index (χ3n) is 2.49. The molecule has 0 radical (unpaired) electrons. The Morgan fingerprint density at radius 2 is 0.889 bits per heavy atom. The van der Waals surface area contributed by atoms with E-state index in [0.29, 0.717) is 11.1 Å². The van der Waals surface area contributed by atoms with E-state index in [1.54, 1.807) is 24.3 Å². The number of hydrogen-bond donors (Lipinski definition) is 0. The van der Waals surface area contributed by atoms with Crippen LogP contribution in [0.25, 0.3) is 10.8 Å². The van der Waals surface area contributed by atoms with Crippen molar-refractivity contribution in [2.45, 2.75) is 7.59 Å². The fourth-order valence-corrected chi connectivity index (χ4v) is 2.30. The zero-order chi connectivity index (χ0) is 13.6. The molecule has 0 N–H and O–H groups in total. The SMILES string of the molecule is ClC(Cl)(Cl)c1ccc2cc(C(Cl)(Cl)Cl)ccc2c1. The molecular weight excluding hydrogens is 357 g/mol. The molecule has 18 heavy (non-hydrogen) atoms. The molecule has 2 rings (SSSR count). The summed E-state index contributed by atoms with van der Waals surface area (Å²) in [7, 11) is 0. The summed E-state index contributed by atoms with van der Waals surface area (Å²) >= 11 is 35.0. The molecule has 0 fully saturated rings. The van der Waals surface area contributed by atoms with Gasteiger partial charge in [-0.15, -0.1) is 0 Å². The van der Waals surface area contributed by atoms with Crippen molar-refractivity contribution >= 4 is 80.4 Å². The van der Waals surface area contributed by atoms with Gasteiger partial charge in [-0.05, 0) is 22.9 Å². The molecule has 0 unspecified atom stereocenters. The normalized spacial score (nSPS) is 13.0. The van der Waals surface area contributed by atoms with Crippen LogP contribution >= 0.6 is 69.6 Å². The first-order valence-corrected chi connectivity index (χ1v) is 7.13. The Hall–Kier alpha value is 0.440. The van der Waals surface area contributed by atoms with Crippen LogP contribution in [-0.2, 0) is 7.59 Å². The fourth-order valence-electron chi connectivity index (χ4n) is 1.60. The maximum absolute atomic E-state index is 5.83. The Morgan fingerprint density at radius 1 is 0.556 bits per heavy atom. The lowest BCUT2D eigenvalue weighted by atomic mass is 10.1. The summed E-state index contributed by atoms with van der Waals surface area (Å²) in [5.74, 6) is 0. The molecule has 0 nitrogen and oxygen atoms in total. The van der Waals surface area contributed by atoms with Crippen molar-refractivity contribution in [2.75, 3.05) is 0 Å². The van der Waals surface area contributed by atoms with E-state index in [9.17, 15) is 0 Å². The lowest BCUT2D eigenvalue weighted by Gasteiger charge is -2.14. The van der Waals surface area contributed by atoms with Gasteiger partial charge in [-0.3, -0.25) is 0 Å². The fraction of sp³-hybridized carbons (Fsp3) is 0.167. The zero-order valence-corrected chi connectivity index (χ0v) is 13.3. The Labute approximate surface area is 135 Å². The number of alkyl halides is 6. The molecule has 0 bridgehead atoms. The monoisotopic (exact) mass is 360 g/mol. The molecule has 0 aliphatic carbocycles. The summed E-state index contributed by atoms with van der Waals surface area (Å²) in [4.78, 5) is 0. The van der Waals surface area contributed by atoms with Crippen LogP contribution in [0.5, 0.6) is 0 Å². The minimum atomic E-state index is -1.44. The largest absolute Gasteiger partial charge is 0.216 e. The van der Waals surface area contributed by atoms with E-state index in [-0.39, 0.29) is 0 Å². The molecule has 0 saturated heterocycles. The van der Waals surface area contributed by atoms with Crippen molar-refractivity contribution in [3.8, 4) is 0 Å². The van der Waals surface area contributed by atoms with E-state index >= 15 is 0 Å². The van der Waals surface area contributed by atoms with Crippen LogP contribution in [0.3, 0.4) is 0 Å². The van der Waals surface area contributed by atoms with Gasteiger partial charge in [0.15, 0.2) is 0 Å². The van der Waals surface area contributed by atoms with Gasteiger partial charge in [0.2, 0.25) is 7.59 Å². The zero-order valence-electron chi connectivity index (χ0n) is 8.73. The van der Waals surface area contributed by atoms with Gasteiger partial charge in [-0.1, -0.05) is 93.9 Å². The van der Waals surface area contributed by atoms with E-state index in [0.717, 1.165) is 10.8 Å². The van der Waals surface area contributed by atoms with Crippen molar-refractivity contribution in [1.29, 1.82) is 0 Å². The lowest BCUT2D eigenvalue weighted by molar-refractivity contribution is 1.24. The molecule has 0 spiro atoms. The smallest absolute Gasteiger partial charge is 0.0784 e. The quantitative estimate of drug-likeness (QED) is 0.469. The molecular formula is C12H6Cl6. The van der Waals surface area contributed by atoms with Gasteiger partial charge in [-0.25, -0.2) is 0 Å². The Balaban J connectivity index is 2.56. The van der Waals surface area contributed by atoms with Crippen LogP contribution in [0.4, 0.5) is 0 Å². The van der Waals surface area contributed by atoms with E-state index in [2.05, 4.69) is 0 Å². The predicted octanol–water partition coefficient (Wildman–Crippen LogP) is 6.49. The van der Waals surface area contributed by atoms with Crippen molar-refractivity contribution < 1.29 is 0 Å². The first-order valence-electron chi connectivity index (χ1n) is 4.86. The van der Waals surface area contributed by atoms with Gasteiger partial charge in [0.25, 0.3) is 0 Å². The average molecular weight is 363 g/mol. The van der Waals surface area contributed by atoms with Crippen LogP contribution < -0.4 is 0 Å². The van der Waals surface area contributed by atoms with Crippen molar-refractivity contribution in [2.24, 2.45) is 0 Å². The highest BCUT2D eigenvalue weighted by Gasteiger charge is 2.24. The van der Waals surface area contributed by atoms with Gasteiger partial charge in [0.1, 0.15) is 0 Å². The third kappa shape index (κ3) is 3.30. The van der Waals surface area contributed by atoms with Crippen molar-refractivity contribution in [1.82, 2.24) is 0 Å². The average Bonchev–Trinajstić information content (AvgIpc) is 2.25. The summed E-state index contributed by atoms with van der Waals surface area (Å²) in [6.45, 7) is 0. The molecule has 0 amide bonds. The highest BCUT2D eigenvalue weighted by Crippen LogP contribution is 2.41. The second-order valence-electron chi connectivity index (χ2n) is 3.77. The molecule has 2 aromatic rings. The predicted molar refractivity (Wildman–Crippen MR) is 82.4 cm³/mol. The molecule has 0 aliphatic heterocycles. The summed E-state index contributed by atoms with van der Waals surface area (Å²) in [6, 6.07) is 10.7. The molecule has 0 aromatic heterocycles.